The number of carbonyl (C=O) groups excluding carboxylic acids is 2. The standard InChI is InChI=1S/C21H24N6O5/c1-11-8-17(27(26-11)20-23-14-7-5-6-13(14)19(28)25-20)24-21(29)22-12-9-15(30-2)18(32-4)16(10-12)31-3/h8-10,13H,5-7H2,1-4H3,(H2,22,24,29). The molecule has 32 heavy (non-hydrogen) atoms. The first-order valence-electron chi connectivity index (χ1n) is 10.1. The monoisotopic (exact) mass is 440 g/mol. The van der Waals surface area contributed by atoms with Crippen LogP contribution in [0.1, 0.15) is 25.0 Å². The minimum atomic E-state index is -0.533. The van der Waals surface area contributed by atoms with Crippen LogP contribution in [0.3, 0.4) is 0 Å². The van der Waals surface area contributed by atoms with Crippen LogP contribution in [-0.2, 0) is 4.79 Å². The van der Waals surface area contributed by atoms with Crippen LogP contribution in [0.4, 0.5) is 16.3 Å². The number of urea groups is 1. The minimum Gasteiger partial charge on any atom is -0.493 e. The van der Waals surface area contributed by atoms with Crippen molar-refractivity contribution < 1.29 is 23.8 Å². The summed E-state index contributed by atoms with van der Waals surface area (Å²) in [5.41, 5.74) is 1.89. The van der Waals surface area contributed by atoms with E-state index in [9.17, 15) is 9.59 Å². The van der Waals surface area contributed by atoms with Gasteiger partial charge in [-0.3, -0.25) is 10.1 Å². The number of amides is 3. The summed E-state index contributed by atoms with van der Waals surface area (Å²) < 4.78 is 17.3. The van der Waals surface area contributed by atoms with E-state index in [0.29, 0.717) is 34.4 Å². The molecule has 2 N–H and O–H groups in total. The van der Waals surface area contributed by atoms with Crippen molar-refractivity contribution in [1.82, 2.24) is 9.78 Å². The topological polar surface area (TPSA) is 128 Å². The molecule has 11 heteroatoms. The van der Waals surface area contributed by atoms with Crippen LogP contribution in [0.2, 0.25) is 0 Å². The van der Waals surface area contributed by atoms with Crippen molar-refractivity contribution in [2.75, 3.05) is 32.0 Å². The predicted molar refractivity (Wildman–Crippen MR) is 118 cm³/mol. The fourth-order valence-corrected chi connectivity index (χ4v) is 3.83. The van der Waals surface area contributed by atoms with Crippen LogP contribution in [0.15, 0.2) is 28.2 Å². The number of hydrogen-bond donors (Lipinski definition) is 2. The molecule has 1 fully saturated rings. The molecule has 11 nitrogen and oxygen atoms in total. The number of ether oxygens (including phenoxy) is 3. The molecule has 1 aromatic carbocycles. The van der Waals surface area contributed by atoms with Crippen molar-refractivity contribution in [3.8, 4) is 17.2 Å². The first kappa shape index (κ1) is 21.3. The first-order chi connectivity index (χ1) is 15.4. The van der Waals surface area contributed by atoms with Gasteiger partial charge in [-0.1, -0.05) is 0 Å². The van der Waals surface area contributed by atoms with E-state index in [1.54, 1.807) is 25.1 Å². The number of benzene rings is 1. The summed E-state index contributed by atoms with van der Waals surface area (Å²) in [6.45, 7) is 1.77. The Morgan fingerprint density at radius 1 is 1.06 bits per heavy atom. The summed E-state index contributed by atoms with van der Waals surface area (Å²) in [4.78, 5) is 33.7. The van der Waals surface area contributed by atoms with E-state index in [2.05, 4.69) is 25.7 Å². The molecular formula is C21H24N6O5. The number of fused-ring (bicyclic) bond motifs is 1. The maximum Gasteiger partial charge on any atom is 0.324 e. The van der Waals surface area contributed by atoms with Gasteiger partial charge in [0.05, 0.1) is 38.6 Å². The molecule has 1 aliphatic carbocycles. The number of nitrogens with zero attached hydrogens (tertiary/aromatic N) is 4. The zero-order valence-corrected chi connectivity index (χ0v) is 18.3. The number of aliphatic imine (C=N–C) groups is 2. The number of rotatable bonds is 5. The Balaban J connectivity index is 1.56. The average Bonchev–Trinajstić information content (AvgIpc) is 3.39. The minimum absolute atomic E-state index is 0.152. The van der Waals surface area contributed by atoms with Crippen molar-refractivity contribution >= 4 is 35.1 Å². The van der Waals surface area contributed by atoms with E-state index in [4.69, 9.17) is 14.2 Å². The van der Waals surface area contributed by atoms with Gasteiger partial charge in [-0.05, 0) is 26.2 Å². The number of methoxy groups -OCH3 is 3. The first-order valence-corrected chi connectivity index (χ1v) is 10.1. The summed E-state index contributed by atoms with van der Waals surface area (Å²) in [7, 11) is 4.48. The van der Waals surface area contributed by atoms with Gasteiger partial charge in [-0.25, -0.2) is 9.79 Å². The summed E-state index contributed by atoms with van der Waals surface area (Å²) in [6.07, 6.45) is 2.45. The number of anilines is 2. The lowest BCUT2D eigenvalue weighted by molar-refractivity contribution is -0.119. The molecule has 2 aliphatic rings. The quantitative estimate of drug-likeness (QED) is 0.736. The van der Waals surface area contributed by atoms with E-state index in [-0.39, 0.29) is 17.8 Å². The molecule has 0 spiro atoms. The highest BCUT2D eigenvalue weighted by molar-refractivity contribution is 6.17. The van der Waals surface area contributed by atoms with Crippen molar-refractivity contribution in [2.45, 2.75) is 26.2 Å². The molecular weight excluding hydrogens is 416 g/mol. The summed E-state index contributed by atoms with van der Waals surface area (Å²) in [5, 5.41) is 9.81. The Labute approximate surface area is 184 Å². The van der Waals surface area contributed by atoms with Crippen LogP contribution in [0.5, 0.6) is 17.2 Å². The molecule has 1 aromatic heterocycles. The third-order valence-electron chi connectivity index (χ3n) is 5.27. The van der Waals surface area contributed by atoms with Crippen LogP contribution in [0.25, 0.3) is 0 Å². The second-order valence-electron chi connectivity index (χ2n) is 7.37. The van der Waals surface area contributed by atoms with Crippen molar-refractivity contribution in [1.29, 1.82) is 0 Å². The zero-order valence-electron chi connectivity index (χ0n) is 18.3. The molecule has 168 valence electrons. The maximum atomic E-state index is 12.7. The van der Waals surface area contributed by atoms with Crippen LogP contribution < -0.4 is 24.8 Å². The van der Waals surface area contributed by atoms with Crippen molar-refractivity contribution in [3.05, 3.63) is 23.9 Å². The van der Waals surface area contributed by atoms with Crippen molar-refractivity contribution in [2.24, 2.45) is 15.9 Å². The highest BCUT2D eigenvalue weighted by atomic mass is 16.5. The molecule has 3 amide bonds. The third-order valence-corrected chi connectivity index (χ3v) is 5.27. The fraction of sp³-hybridized carbons (Fsp3) is 0.381. The Morgan fingerprint density at radius 2 is 1.78 bits per heavy atom. The van der Waals surface area contributed by atoms with Gasteiger partial charge in [0.15, 0.2) is 11.5 Å². The number of aryl methyl sites for hydroxylation is 1. The molecule has 1 saturated carbocycles. The smallest absolute Gasteiger partial charge is 0.324 e. The Hall–Kier alpha value is -3.89. The lowest BCUT2D eigenvalue weighted by atomic mass is 10.1. The summed E-state index contributed by atoms with van der Waals surface area (Å²) in [6, 6.07) is 4.36. The van der Waals surface area contributed by atoms with Gasteiger partial charge in [-0.2, -0.15) is 14.8 Å². The van der Waals surface area contributed by atoms with Gasteiger partial charge >= 0.3 is 6.03 Å². The van der Waals surface area contributed by atoms with Gasteiger partial charge in [0.1, 0.15) is 5.82 Å². The lowest BCUT2D eigenvalue weighted by Crippen LogP contribution is -2.29. The largest absolute Gasteiger partial charge is 0.493 e. The molecule has 0 saturated heterocycles. The average molecular weight is 440 g/mol. The molecule has 1 unspecified atom stereocenters. The van der Waals surface area contributed by atoms with Gasteiger partial charge in [0.25, 0.3) is 11.9 Å². The van der Waals surface area contributed by atoms with Gasteiger partial charge < -0.3 is 19.5 Å². The molecule has 2 heterocycles. The summed E-state index contributed by atoms with van der Waals surface area (Å²) >= 11 is 0. The number of hydrogen-bond acceptors (Lipinski definition) is 7. The predicted octanol–water partition coefficient (Wildman–Crippen LogP) is 2.85. The molecule has 2 aromatic rings. The van der Waals surface area contributed by atoms with Gasteiger partial charge in [-0.15, -0.1) is 0 Å². The SMILES string of the molecule is COc1cc(NC(=O)Nc2cc(C)nn2C2=NC(=O)C3CCCC3=N2)cc(OC)c1OC. The van der Waals surface area contributed by atoms with E-state index in [1.807, 2.05) is 0 Å². The highest BCUT2D eigenvalue weighted by Gasteiger charge is 2.33. The van der Waals surface area contributed by atoms with Gasteiger partial charge in [0.2, 0.25) is 5.75 Å². The lowest BCUT2D eigenvalue weighted by Gasteiger charge is -2.16. The Kier molecular flexibility index (Phi) is 5.80. The van der Waals surface area contributed by atoms with E-state index in [0.717, 1.165) is 25.0 Å². The van der Waals surface area contributed by atoms with E-state index >= 15 is 0 Å². The number of carbonyl (C=O) groups is 2. The second kappa shape index (κ2) is 8.69. The molecule has 4 rings (SSSR count). The molecule has 1 aliphatic heterocycles. The zero-order chi connectivity index (χ0) is 22.8. The fourth-order valence-electron chi connectivity index (χ4n) is 3.83. The maximum absolute atomic E-state index is 12.7. The third kappa shape index (κ3) is 4.01. The van der Waals surface area contributed by atoms with Crippen molar-refractivity contribution in [3.63, 3.8) is 0 Å². The normalized spacial score (nSPS) is 17.2. The number of aromatic nitrogens is 2. The molecule has 0 bridgehead atoms. The van der Waals surface area contributed by atoms with Crippen LogP contribution in [-0.4, -0.2) is 54.7 Å². The Morgan fingerprint density at radius 3 is 2.44 bits per heavy atom. The summed E-state index contributed by atoms with van der Waals surface area (Å²) in [5.74, 6) is 1.26. The van der Waals surface area contributed by atoms with Crippen LogP contribution in [0, 0.1) is 12.8 Å². The molecule has 0 radical (unpaired) electrons. The molecule has 1 atom stereocenters. The van der Waals surface area contributed by atoms with Gasteiger partial charge in [0, 0.05) is 23.9 Å². The highest BCUT2D eigenvalue weighted by Crippen LogP contribution is 2.40. The Bertz CT molecular complexity index is 1110. The van der Waals surface area contributed by atoms with E-state index < -0.39 is 6.03 Å². The number of nitrogens with one attached hydrogen (secondary N) is 2. The second-order valence-corrected chi connectivity index (χ2v) is 7.37. The van der Waals surface area contributed by atoms with E-state index in [1.165, 1.54) is 26.0 Å². The van der Waals surface area contributed by atoms with Crippen LogP contribution >= 0.6 is 0 Å².